The Labute approximate surface area is 137 Å². The van der Waals surface area contributed by atoms with Gasteiger partial charge in [0.25, 0.3) is 0 Å². The van der Waals surface area contributed by atoms with Crippen molar-refractivity contribution in [2.45, 2.75) is 31.6 Å². The van der Waals surface area contributed by atoms with Gasteiger partial charge in [-0.1, -0.05) is 0 Å². The van der Waals surface area contributed by atoms with Gasteiger partial charge in [-0.05, 0) is 46.2 Å². The number of hydrogen-bond acceptors (Lipinski definition) is 6. The van der Waals surface area contributed by atoms with Crippen LogP contribution in [0.1, 0.15) is 34.7 Å². The highest BCUT2D eigenvalue weighted by molar-refractivity contribution is 7.89. The zero-order chi connectivity index (χ0) is 17.2. The molecule has 1 aromatic rings. The lowest BCUT2D eigenvalue weighted by atomic mass is 9.98. The normalized spacial score (nSPS) is 17.4. The van der Waals surface area contributed by atoms with Gasteiger partial charge in [0.1, 0.15) is 22.0 Å². The monoisotopic (exact) mass is 344 g/mol. The van der Waals surface area contributed by atoms with Gasteiger partial charge in [-0.3, -0.25) is 0 Å². The van der Waals surface area contributed by atoms with Crippen molar-refractivity contribution in [3.8, 4) is 0 Å². The predicted molar refractivity (Wildman–Crippen MR) is 84.9 cm³/mol. The van der Waals surface area contributed by atoms with E-state index in [-0.39, 0.29) is 22.0 Å². The molecule has 1 N–H and O–H groups in total. The number of rotatable bonds is 5. The topological polar surface area (TPSA) is 88.9 Å². The van der Waals surface area contributed by atoms with E-state index in [0.29, 0.717) is 19.0 Å². The Bertz CT molecular complexity index is 672. The lowest BCUT2D eigenvalue weighted by Gasteiger charge is -2.31. The first-order chi connectivity index (χ1) is 10.8. The highest BCUT2D eigenvalue weighted by atomic mass is 32.2. The summed E-state index contributed by atoms with van der Waals surface area (Å²) in [6.45, 7) is 4.89. The van der Waals surface area contributed by atoms with Crippen LogP contribution in [0, 0.1) is 19.8 Å². The number of esters is 1. The van der Waals surface area contributed by atoms with Crippen LogP contribution in [0.4, 0.5) is 0 Å². The molecule has 0 aliphatic carbocycles. The molecule has 0 radical (unpaired) electrons. The number of hydrogen-bond donors (Lipinski definition) is 1. The molecule has 1 aliphatic rings. The minimum atomic E-state index is -3.78. The second-order valence-corrected chi connectivity index (χ2v) is 7.69. The molecule has 0 bridgehead atoms. The fraction of sp³-hybridized carbons (Fsp3) is 0.667. The fourth-order valence-electron chi connectivity index (χ4n) is 3.08. The molecule has 23 heavy (non-hydrogen) atoms. The number of sulfonamides is 1. The smallest absolute Gasteiger partial charge is 0.342 e. The lowest BCUT2D eigenvalue weighted by molar-refractivity contribution is 0.0594. The van der Waals surface area contributed by atoms with Gasteiger partial charge in [0.2, 0.25) is 10.0 Å². The molecule has 7 nitrogen and oxygen atoms in total. The Balaban J connectivity index is 2.33. The zero-order valence-corrected chi connectivity index (χ0v) is 14.8. The fourth-order valence-corrected chi connectivity index (χ4v) is 4.92. The van der Waals surface area contributed by atoms with Gasteiger partial charge in [0, 0.05) is 13.1 Å². The third kappa shape index (κ3) is 3.44. The molecule has 1 aliphatic heterocycles. The first-order valence-electron chi connectivity index (χ1n) is 7.66. The molecule has 2 heterocycles. The third-order valence-electron chi connectivity index (χ3n) is 4.26. The number of piperidine rings is 1. The maximum absolute atomic E-state index is 13.0. The number of ether oxygens (including phenoxy) is 1. The minimum Gasteiger partial charge on any atom is -0.465 e. The third-order valence-corrected chi connectivity index (χ3v) is 6.31. The van der Waals surface area contributed by atoms with Crippen molar-refractivity contribution in [3.05, 3.63) is 17.1 Å². The average Bonchev–Trinajstić information content (AvgIpc) is 2.82. The van der Waals surface area contributed by atoms with Crippen LogP contribution in [0.15, 0.2) is 9.31 Å². The van der Waals surface area contributed by atoms with E-state index in [1.807, 2.05) is 7.05 Å². The van der Waals surface area contributed by atoms with Crippen molar-refractivity contribution in [3.63, 3.8) is 0 Å². The molecular formula is C15H24N2O5S. The van der Waals surface area contributed by atoms with Crippen LogP contribution >= 0.6 is 0 Å². The highest BCUT2D eigenvalue weighted by Crippen LogP contribution is 2.31. The van der Waals surface area contributed by atoms with E-state index in [1.54, 1.807) is 13.8 Å². The Morgan fingerprint density at radius 3 is 2.43 bits per heavy atom. The molecule has 8 heteroatoms. The van der Waals surface area contributed by atoms with Crippen LogP contribution < -0.4 is 5.32 Å². The van der Waals surface area contributed by atoms with Crippen molar-refractivity contribution in [2.75, 3.05) is 33.8 Å². The summed E-state index contributed by atoms with van der Waals surface area (Å²) in [4.78, 5) is 11.9. The molecule has 130 valence electrons. The van der Waals surface area contributed by atoms with Crippen LogP contribution in [0.2, 0.25) is 0 Å². The molecule has 0 spiro atoms. The van der Waals surface area contributed by atoms with Crippen molar-refractivity contribution in [1.29, 1.82) is 0 Å². The van der Waals surface area contributed by atoms with Gasteiger partial charge in [-0.2, -0.15) is 4.31 Å². The molecular weight excluding hydrogens is 320 g/mol. The van der Waals surface area contributed by atoms with Gasteiger partial charge >= 0.3 is 5.97 Å². The number of carbonyl (C=O) groups is 1. The van der Waals surface area contributed by atoms with E-state index < -0.39 is 16.0 Å². The highest BCUT2D eigenvalue weighted by Gasteiger charge is 2.37. The van der Waals surface area contributed by atoms with Crippen LogP contribution in [-0.4, -0.2) is 52.5 Å². The standard InChI is InChI=1S/C15H24N2O5S/c1-10-13(15(18)21-4)14(11(2)22-10)23(19,20)17-7-5-12(6-8-17)9-16-3/h12,16H,5-9H2,1-4H3. The van der Waals surface area contributed by atoms with Gasteiger partial charge in [0.05, 0.1) is 7.11 Å². The maximum atomic E-state index is 13.0. The number of nitrogens with zero attached hydrogens (tertiary/aromatic N) is 1. The summed E-state index contributed by atoms with van der Waals surface area (Å²) in [5.41, 5.74) is 0.00217. The number of furan rings is 1. The van der Waals surface area contributed by atoms with E-state index in [4.69, 9.17) is 9.15 Å². The molecule has 0 atom stereocenters. The van der Waals surface area contributed by atoms with Gasteiger partial charge < -0.3 is 14.5 Å². The van der Waals surface area contributed by atoms with Crippen molar-refractivity contribution >= 4 is 16.0 Å². The van der Waals surface area contributed by atoms with E-state index in [0.717, 1.165) is 19.4 Å². The molecule has 0 amide bonds. The molecule has 1 fully saturated rings. The number of aryl methyl sites for hydroxylation is 2. The zero-order valence-electron chi connectivity index (χ0n) is 14.0. The van der Waals surface area contributed by atoms with Crippen molar-refractivity contribution in [2.24, 2.45) is 5.92 Å². The number of nitrogens with one attached hydrogen (secondary N) is 1. The van der Waals surface area contributed by atoms with Gasteiger partial charge in [-0.15, -0.1) is 0 Å². The predicted octanol–water partition coefficient (Wildman–Crippen LogP) is 1.30. The molecule has 1 saturated heterocycles. The number of carbonyl (C=O) groups excluding carboxylic acids is 1. The van der Waals surface area contributed by atoms with Crippen LogP contribution in [0.25, 0.3) is 0 Å². The summed E-state index contributed by atoms with van der Waals surface area (Å²) in [5, 5.41) is 3.12. The second kappa shape index (κ2) is 7.02. The quantitative estimate of drug-likeness (QED) is 0.810. The minimum absolute atomic E-state index is 0.00217. The summed E-state index contributed by atoms with van der Waals surface area (Å²) in [7, 11) is -0.660. The van der Waals surface area contributed by atoms with Gasteiger partial charge in [-0.25, -0.2) is 13.2 Å². The van der Waals surface area contributed by atoms with Crippen molar-refractivity contribution in [1.82, 2.24) is 9.62 Å². The van der Waals surface area contributed by atoms with Gasteiger partial charge in [0.15, 0.2) is 0 Å². The SMILES string of the molecule is CNCC1CCN(S(=O)(=O)c2c(C)oc(C)c2C(=O)OC)CC1. The Kier molecular flexibility index (Phi) is 5.49. The summed E-state index contributed by atoms with van der Waals surface area (Å²) in [6.07, 6.45) is 1.59. The second-order valence-electron chi connectivity index (χ2n) is 5.82. The largest absolute Gasteiger partial charge is 0.465 e. The van der Waals surface area contributed by atoms with E-state index in [1.165, 1.54) is 11.4 Å². The van der Waals surface area contributed by atoms with Crippen LogP contribution in [0.3, 0.4) is 0 Å². The van der Waals surface area contributed by atoms with Crippen LogP contribution in [0.5, 0.6) is 0 Å². The molecule has 2 rings (SSSR count). The molecule has 0 aromatic carbocycles. The summed E-state index contributed by atoms with van der Waals surface area (Å²) < 4.78 is 37.5. The summed E-state index contributed by atoms with van der Waals surface area (Å²) >= 11 is 0. The lowest BCUT2D eigenvalue weighted by Crippen LogP contribution is -2.40. The van der Waals surface area contributed by atoms with E-state index in [2.05, 4.69) is 5.32 Å². The van der Waals surface area contributed by atoms with Crippen molar-refractivity contribution < 1.29 is 22.4 Å². The first kappa shape index (κ1) is 18.0. The van der Waals surface area contributed by atoms with E-state index >= 15 is 0 Å². The first-order valence-corrected chi connectivity index (χ1v) is 9.10. The summed E-state index contributed by atoms with van der Waals surface area (Å²) in [5.74, 6) is 0.264. The Morgan fingerprint density at radius 2 is 1.91 bits per heavy atom. The molecule has 1 aromatic heterocycles. The average molecular weight is 344 g/mol. The number of methoxy groups -OCH3 is 1. The Morgan fingerprint density at radius 1 is 1.30 bits per heavy atom. The van der Waals surface area contributed by atoms with E-state index in [9.17, 15) is 13.2 Å². The Hall–Kier alpha value is -1.38. The molecule has 0 unspecified atom stereocenters. The molecule has 0 saturated carbocycles. The maximum Gasteiger partial charge on any atom is 0.342 e. The van der Waals surface area contributed by atoms with Crippen LogP contribution in [-0.2, 0) is 14.8 Å². The summed E-state index contributed by atoms with van der Waals surface area (Å²) in [6, 6.07) is 0.